The first-order valence-electron chi connectivity index (χ1n) is 11.5. The van der Waals surface area contributed by atoms with Gasteiger partial charge in [-0.2, -0.15) is 17.5 Å². The largest absolute Gasteiger partial charge is 0.418 e. The monoisotopic (exact) mass is 568 g/mol. The van der Waals surface area contributed by atoms with Crippen LogP contribution in [0.1, 0.15) is 33.6 Å². The summed E-state index contributed by atoms with van der Waals surface area (Å²) in [5.41, 5.74) is -0.982. The van der Waals surface area contributed by atoms with Crippen LogP contribution in [0, 0.1) is 10.1 Å². The van der Waals surface area contributed by atoms with E-state index in [1.54, 1.807) is 5.38 Å². The molecule has 1 saturated heterocycles. The number of para-hydroxylation sites is 1. The summed E-state index contributed by atoms with van der Waals surface area (Å²) in [4.78, 5) is 23.2. The second kappa shape index (κ2) is 11.1. The van der Waals surface area contributed by atoms with Crippen molar-refractivity contribution >= 4 is 38.6 Å². The molecule has 1 aliphatic heterocycles. The van der Waals surface area contributed by atoms with Gasteiger partial charge in [-0.3, -0.25) is 14.9 Å². The van der Waals surface area contributed by atoms with Crippen molar-refractivity contribution in [3.05, 3.63) is 86.1 Å². The first kappa shape index (κ1) is 27.5. The Bertz CT molecular complexity index is 1430. The number of benzene rings is 2. The predicted molar refractivity (Wildman–Crippen MR) is 135 cm³/mol. The van der Waals surface area contributed by atoms with Crippen LogP contribution in [0.3, 0.4) is 0 Å². The molecule has 0 atom stereocenters. The van der Waals surface area contributed by atoms with E-state index in [2.05, 4.69) is 10.6 Å². The summed E-state index contributed by atoms with van der Waals surface area (Å²) in [7, 11) is -3.91. The molecule has 4 rings (SSSR count). The lowest BCUT2D eigenvalue weighted by Gasteiger charge is -2.32. The number of nitro benzene ring substituents is 1. The van der Waals surface area contributed by atoms with E-state index in [0.29, 0.717) is 17.7 Å². The SMILES string of the molecule is O=C(NCc1sccc1S(=O)(=O)N1CCC(Nc2ccccc2C(F)(F)F)CC1)c1cccc([N+](=O)[O-])c1. The summed E-state index contributed by atoms with van der Waals surface area (Å²) < 4.78 is 67.8. The summed E-state index contributed by atoms with van der Waals surface area (Å²) in [5, 5.41) is 18.0. The molecule has 1 fully saturated rings. The van der Waals surface area contributed by atoms with Gasteiger partial charge in [0.05, 0.1) is 21.9 Å². The molecule has 1 amide bonds. The number of non-ortho nitro benzene ring substituents is 1. The van der Waals surface area contributed by atoms with E-state index in [9.17, 15) is 36.5 Å². The first-order valence-corrected chi connectivity index (χ1v) is 13.8. The number of hydrogen-bond acceptors (Lipinski definition) is 7. The number of piperidine rings is 1. The molecule has 0 aliphatic carbocycles. The third-order valence-electron chi connectivity index (χ3n) is 6.10. The highest BCUT2D eigenvalue weighted by molar-refractivity contribution is 7.89. The second-order valence-electron chi connectivity index (χ2n) is 8.56. The predicted octanol–water partition coefficient (Wildman–Crippen LogP) is 4.87. The third kappa shape index (κ3) is 6.14. The fraction of sp³-hybridized carbons (Fsp3) is 0.292. The number of amides is 1. The molecule has 2 heterocycles. The van der Waals surface area contributed by atoms with E-state index < -0.39 is 32.6 Å². The zero-order valence-electron chi connectivity index (χ0n) is 19.8. The Balaban J connectivity index is 1.39. The number of sulfonamides is 1. The summed E-state index contributed by atoms with van der Waals surface area (Å²) in [6.45, 7) is 0.132. The van der Waals surface area contributed by atoms with Crippen LogP contribution in [-0.4, -0.2) is 42.7 Å². The number of carbonyl (C=O) groups is 1. The van der Waals surface area contributed by atoms with Gasteiger partial charge in [0.2, 0.25) is 10.0 Å². The molecule has 0 saturated carbocycles. The Morgan fingerprint density at radius 3 is 2.50 bits per heavy atom. The van der Waals surface area contributed by atoms with Gasteiger partial charge in [-0.05, 0) is 42.5 Å². The maximum Gasteiger partial charge on any atom is 0.418 e. The van der Waals surface area contributed by atoms with Crippen molar-refractivity contribution in [3.63, 3.8) is 0 Å². The van der Waals surface area contributed by atoms with E-state index in [1.165, 1.54) is 46.8 Å². The summed E-state index contributed by atoms with van der Waals surface area (Å²) >= 11 is 1.14. The molecule has 1 aliphatic rings. The van der Waals surface area contributed by atoms with Crippen molar-refractivity contribution in [1.29, 1.82) is 0 Å². The molecule has 0 bridgehead atoms. The van der Waals surface area contributed by atoms with Gasteiger partial charge in [0.15, 0.2) is 0 Å². The smallest absolute Gasteiger partial charge is 0.382 e. The average Bonchev–Trinajstić information content (AvgIpc) is 3.37. The summed E-state index contributed by atoms with van der Waals surface area (Å²) in [5.74, 6) is -0.587. The van der Waals surface area contributed by atoms with E-state index >= 15 is 0 Å². The van der Waals surface area contributed by atoms with E-state index in [0.717, 1.165) is 23.5 Å². The highest BCUT2D eigenvalue weighted by Crippen LogP contribution is 2.36. The summed E-state index contributed by atoms with van der Waals surface area (Å²) in [6, 6.07) is 11.5. The number of carbonyl (C=O) groups excluding carboxylic acids is 1. The number of rotatable bonds is 8. The van der Waals surface area contributed by atoms with Crippen molar-refractivity contribution in [1.82, 2.24) is 9.62 Å². The maximum absolute atomic E-state index is 13.3. The molecule has 2 N–H and O–H groups in total. The van der Waals surface area contributed by atoms with E-state index in [-0.39, 0.29) is 47.5 Å². The highest BCUT2D eigenvalue weighted by atomic mass is 32.2. The average molecular weight is 569 g/mol. The zero-order chi connectivity index (χ0) is 27.5. The topological polar surface area (TPSA) is 122 Å². The standard InChI is InChI=1S/C24H23F3N4O5S2/c25-24(26,27)19-6-1-2-7-20(19)29-17-8-11-30(12-9-17)38(35,36)22-10-13-37-21(22)15-28-23(32)16-4-3-5-18(14-16)31(33)34/h1-7,10,13-14,17,29H,8-9,11-12,15H2,(H,28,32). The quantitative estimate of drug-likeness (QED) is 0.295. The number of alkyl halides is 3. The van der Waals surface area contributed by atoms with Crippen LogP contribution in [-0.2, 0) is 22.7 Å². The van der Waals surface area contributed by atoms with Gasteiger partial charge in [-0.25, -0.2) is 8.42 Å². The van der Waals surface area contributed by atoms with Gasteiger partial charge in [-0.15, -0.1) is 11.3 Å². The summed E-state index contributed by atoms with van der Waals surface area (Å²) in [6.07, 6.45) is -3.88. The van der Waals surface area contributed by atoms with Crippen molar-refractivity contribution in [3.8, 4) is 0 Å². The lowest BCUT2D eigenvalue weighted by atomic mass is 10.0. The second-order valence-corrected chi connectivity index (χ2v) is 11.5. The Kier molecular flexibility index (Phi) is 8.04. The Morgan fingerprint density at radius 1 is 1.11 bits per heavy atom. The van der Waals surface area contributed by atoms with Crippen molar-refractivity contribution in [2.45, 2.75) is 36.5 Å². The maximum atomic E-state index is 13.3. The number of anilines is 1. The highest BCUT2D eigenvalue weighted by Gasteiger charge is 2.35. The van der Waals surface area contributed by atoms with Crippen LogP contribution in [0.2, 0.25) is 0 Å². The minimum absolute atomic E-state index is 0.0377. The molecule has 0 radical (unpaired) electrons. The minimum Gasteiger partial charge on any atom is -0.382 e. The van der Waals surface area contributed by atoms with Gasteiger partial charge >= 0.3 is 6.18 Å². The van der Waals surface area contributed by atoms with Crippen molar-refractivity contribution < 1.29 is 31.3 Å². The Labute approximate surface area is 220 Å². The third-order valence-corrected chi connectivity index (χ3v) is 9.13. The van der Waals surface area contributed by atoms with Gasteiger partial charge in [-0.1, -0.05) is 18.2 Å². The fourth-order valence-electron chi connectivity index (χ4n) is 4.17. The van der Waals surface area contributed by atoms with E-state index in [1.807, 2.05) is 0 Å². The molecule has 2 aromatic carbocycles. The van der Waals surface area contributed by atoms with Crippen LogP contribution < -0.4 is 10.6 Å². The fourth-order valence-corrected chi connectivity index (χ4v) is 6.99. The van der Waals surface area contributed by atoms with Gasteiger partial charge in [0.25, 0.3) is 11.6 Å². The molecular formula is C24H23F3N4O5S2. The Morgan fingerprint density at radius 2 is 1.82 bits per heavy atom. The molecule has 202 valence electrons. The molecule has 14 heteroatoms. The molecule has 1 aromatic heterocycles. The van der Waals surface area contributed by atoms with Gasteiger partial charge in [0, 0.05) is 47.4 Å². The normalized spacial score (nSPS) is 15.2. The van der Waals surface area contributed by atoms with Crippen LogP contribution in [0.5, 0.6) is 0 Å². The number of thiophene rings is 1. The van der Waals surface area contributed by atoms with Gasteiger partial charge < -0.3 is 10.6 Å². The Hall–Kier alpha value is -3.49. The first-order chi connectivity index (χ1) is 18.0. The van der Waals surface area contributed by atoms with Crippen molar-refractivity contribution in [2.24, 2.45) is 0 Å². The number of halogens is 3. The molecule has 0 unspecified atom stereocenters. The molecule has 38 heavy (non-hydrogen) atoms. The lowest BCUT2D eigenvalue weighted by Crippen LogP contribution is -2.42. The zero-order valence-corrected chi connectivity index (χ0v) is 21.4. The van der Waals surface area contributed by atoms with Crippen LogP contribution >= 0.6 is 11.3 Å². The minimum atomic E-state index is -4.51. The van der Waals surface area contributed by atoms with Crippen LogP contribution in [0.4, 0.5) is 24.5 Å². The molecule has 3 aromatic rings. The number of nitro groups is 1. The van der Waals surface area contributed by atoms with Crippen molar-refractivity contribution in [2.75, 3.05) is 18.4 Å². The molecule has 9 nitrogen and oxygen atoms in total. The van der Waals surface area contributed by atoms with Gasteiger partial charge in [0.1, 0.15) is 0 Å². The van der Waals surface area contributed by atoms with E-state index in [4.69, 9.17) is 0 Å². The lowest BCUT2D eigenvalue weighted by molar-refractivity contribution is -0.384. The number of nitrogens with one attached hydrogen (secondary N) is 2. The van der Waals surface area contributed by atoms with Crippen LogP contribution in [0.25, 0.3) is 0 Å². The molecular weight excluding hydrogens is 545 g/mol. The number of hydrogen-bond donors (Lipinski definition) is 2. The number of nitrogens with zero attached hydrogens (tertiary/aromatic N) is 2. The van der Waals surface area contributed by atoms with Crippen LogP contribution in [0.15, 0.2) is 64.9 Å². The molecule has 0 spiro atoms.